The van der Waals surface area contributed by atoms with Gasteiger partial charge in [0.15, 0.2) is 0 Å². The molecule has 3 rings (SSSR count). The van der Waals surface area contributed by atoms with Crippen LogP contribution in [0.25, 0.3) is 0 Å². The fraction of sp³-hybridized carbons (Fsp3) is 0.667. The predicted octanol–water partition coefficient (Wildman–Crippen LogP) is 2.54. The lowest BCUT2D eigenvalue weighted by Gasteiger charge is -2.36. The molecule has 3 heterocycles. The molecular weight excluding hydrogens is 206 g/mol. The molecule has 1 N–H and O–H groups in total. The summed E-state index contributed by atoms with van der Waals surface area (Å²) in [4.78, 5) is 0. The fourth-order valence-electron chi connectivity index (χ4n) is 2.82. The van der Waals surface area contributed by atoms with Gasteiger partial charge in [-0.25, -0.2) is 0 Å². The van der Waals surface area contributed by atoms with Crippen LogP contribution in [0, 0.1) is 0 Å². The van der Waals surface area contributed by atoms with Gasteiger partial charge in [0.1, 0.15) is 5.76 Å². The summed E-state index contributed by atoms with van der Waals surface area (Å²) in [5.74, 6) is 3.79. The topological polar surface area (TPSA) is 25.2 Å². The van der Waals surface area contributed by atoms with E-state index in [-0.39, 0.29) is 5.54 Å². The third-order valence-corrected chi connectivity index (χ3v) is 4.67. The number of nitrogens with one attached hydrogen (secondary N) is 1. The predicted molar refractivity (Wildman–Crippen MR) is 63.3 cm³/mol. The minimum atomic E-state index is 0.167. The lowest BCUT2D eigenvalue weighted by Crippen LogP contribution is -2.46. The zero-order valence-corrected chi connectivity index (χ0v) is 9.74. The van der Waals surface area contributed by atoms with E-state index >= 15 is 0 Å². The van der Waals surface area contributed by atoms with E-state index in [4.69, 9.17) is 4.42 Å². The van der Waals surface area contributed by atoms with Crippen LogP contribution in [0.2, 0.25) is 0 Å². The average Bonchev–Trinajstić information content (AvgIpc) is 2.62. The smallest absolute Gasteiger partial charge is 0.127 e. The normalized spacial score (nSPS) is 31.2. The molecule has 1 spiro atoms. The number of furan rings is 1. The Morgan fingerprint density at radius 2 is 2.33 bits per heavy atom. The number of thioether (sulfide) groups is 1. The molecule has 2 aliphatic heterocycles. The van der Waals surface area contributed by atoms with Gasteiger partial charge in [0, 0.05) is 6.54 Å². The Morgan fingerprint density at radius 1 is 1.33 bits per heavy atom. The van der Waals surface area contributed by atoms with Gasteiger partial charge in [-0.2, -0.15) is 11.8 Å². The van der Waals surface area contributed by atoms with E-state index in [1.54, 1.807) is 0 Å². The lowest BCUT2D eigenvalue weighted by atomic mass is 9.83. The summed E-state index contributed by atoms with van der Waals surface area (Å²) >= 11 is 2.08. The quantitative estimate of drug-likeness (QED) is 0.731. The highest BCUT2D eigenvalue weighted by atomic mass is 32.2. The lowest BCUT2D eigenvalue weighted by molar-refractivity contribution is 0.230. The van der Waals surface area contributed by atoms with Gasteiger partial charge in [0.25, 0.3) is 0 Å². The molecule has 2 nitrogen and oxygen atoms in total. The van der Waals surface area contributed by atoms with Crippen molar-refractivity contribution in [3.05, 3.63) is 23.7 Å². The number of hydrogen-bond donors (Lipinski definition) is 1. The second-order valence-electron chi connectivity index (χ2n) is 4.50. The molecule has 1 fully saturated rings. The first-order valence-electron chi connectivity index (χ1n) is 5.80. The number of hydrogen-bond acceptors (Lipinski definition) is 3. The van der Waals surface area contributed by atoms with Crippen molar-refractivity contribution in [2.75, 3.05) is 18.1 Å². The Hall–Kier alpha value is -0.410. The Balaban J connectivity index is 1.98. The van der Waals surface area contributed by atoms with Crippen molar-refractivity contribution in [2.45, 2.75) is 31.2 Å². The average molecular weight is 223 g/mol. The zero-order chi connectivity index (χ0) is 10.1. The molecule has 1 atom stereocenters. The van der Waals surface area contributed by atoms with E-state index in [0.717, 1.165) is 13.0 Å². The van der Waals surface area contributed by atoms with Crippen molar-refractivity contribution >= 4 is 11.8 Å². The van der Waals surface area contributed by atoms with Gasteiger partial charge in [0.05, 0.1) is 11.8 Å². The Morgan fingerprint density at radius 3 is 3.33 bits per heavy atom. The van der Waals surface area contributed by atoms with Crippen molar-refractivity contribution in [2.24, 2.45) is 0 Å². The Bertz CT molecular complexity index is 339. The first-order valence-corrected chi connectivity index (χ1v) is 6.96. The first-order chi connectivity index (χ1) is 7.41. The largest absolute Gasteiger partial charge is 0.467 e. The second kappa shape index (κ2) is 3.87. The molecule has 1 unspecified atom stereocenters. The van der Waals surface area contributed by atoms with Crippen LogP contribution in [0.15, 0.2) is 16.7 Å². The van der Waals surface area contributed by atoms with Crippen LogP contribution in [0.1, 0.15) is 30.6 Å². The van der Waals surface area contributed by atoms with Gasteiger partial charge >= 0.3 is 0 Å². The maximum atomic E-state index is 5.73. The maximum Gasteiger partial charge on any atom is 0.127 e. The van der Waals surface area contributed by atoms with Crippen molar-refractivity contribution in [1.82, 2.24) is 5.32 Å². The summed E-state index contributed by atoms with van der Waals surface area (Å²) in [6, 6.07) is 2.15. The third-order valence-electron chi connectivity index (χ3n) is 3.60. The Kier molecular flexibility index (Phi) is 2.53. The van der Waals surface area contributed by atoms with E-state index in [9.17, 15) is 0 Å². The van der Waals surface area contributed by atoms with Crippen molar-refractivity contribution in [3.63, 3.8) is 0 Å². The third kappa shape index (κ3) is 1.62. The van der Waals surface area contributed by atoms with E-state index in [1.807, 2.05) is 6.26 Å². The van der Waals surface area contributed by atoms with Gasteiger partial charge in [-0.15, -0.1) is 0 Å². The van der Waals surface area contributed by atoms with Gasteiger partial charge in [-0.1, -0.05) is 0 Å². The molecule has 0 bridgehead atoms. The molecule has 3 heteroatoms. The highest BCUT2D eigenvalue weighted by Crippen LogP contribution is 2.39. The van der Waals surface area contributed by atoms with Crippen LogP contribution in [0.3, 0.4) is 0 Å². The summed E-state index contributed by atoms with van der Waals surface area (Å²) in [5, 5.41) is 3.71. The van der Waals surface area contributed by atoms with Crippen molar-refractivity contribution in [1.29, 1.82) is 0 Å². The van der Waals surface area contributed by atoms with E-state index in [2.05, 4.69) is 23.1 Å². The minimum Gasteiger partial charge on any atom is -0.467 e. The molecule has 0 aromatic carbocycles. The van der Waals surface area contributed by atoms with Gasteiger partial charge in [-0.05, 0) is 48.8 Å². The summed E-state index contributed by atoms with van der Waals surface area (Å²) < 4.78 is 5.73. The monoisotopic (exact) mass is 223 g/mol. The molecule has 0 aliphatic carbocycles. The molecule has 1 saturated heterocycles. The SMILES string of the molecule is c1cc2c(o1)C1(CCCSCC1)NCC2. The molecule has 82 valence electrons. The van der Waals surface area contributed by atoms with Gasteiger partial charge < -0.3 is 9.73 Å². The molecule has 15 heavy (non-hydrogen) atoms. The zero-order valence-electron chi connectivity index (χ0n) is 8.92. The summed E-state index contributed by atoms with van der Waals surface area (Å²) in [7, 11) is 0. The molecular formula is C12H17NOS. The van der Waals surface area contributed by atoms with Crippen LogP contribution in [-0.2, 0) is 12.0 Å². The maximum absolute atomic E-state index is 5.73. The second-order valence-corrected chi connectivity index (χ2v) is 5.72. The summed E-state index contributed by atoms with van der Waals surface area (Å²) in [5.41, 5.74) is 1.60. The molecule has 0 amide bonds. The van der Waals surface area contributed by atoms with Crippen molar-refractivity contribution in [3.8, 4) is 0 Å². The van der Waals surface area contributed by atoms with Crippen LogP contribution >= 0.6 is 11.8 Å². The highest BCUT2D eigenvalue weighted by Gasteiger charge is 2.39. The van der Waals surface area contributed by atoms with Gasteiger partial charge in [0.2, 0.25) is 0 Å². The molecule has 2 aliphatic rings. The number of fused-ring (bicyclic) bond motifs is 2. The molecule has 0 saturated carbocycles. The van der Waals surface area contributed by atoms with E-state index in [1.165, 1.54) is 42.1 Å². The van der Waals surface area contributed by atoms with Crippen LogP contribution in [0.5, 0.6) is 0 Å². The fourth-order valence-corrected chi connectivity index (χ4v) is 3.87. The minimum absolute atomic E-state index is 0.167. The highest BCUT2D eigenvalue weighted by molar-refractivity contribution is 7.99. The van der Waals surface area contributed by atoms with Crippen LogP contribution in [0.4, 0.5) is 0 Å². The molecule has 1 aromatic heterocycles. The standard InChI is InChI=1S/C12H17NOS/c1-4-12(5-9-15-8-1)11-10(2-6-13-12)3-7-14-11/h3,7,13H,1-2,4-6,8-9H2. The Labute approximate surface area is 94.8 Å². The van der Waals surface area contributed by atoms with E-state index < -0.39 is 0 Å². The summed E-state index contributed by atoms with van der Waals surface area (Å²) in [6.45, 7) is 1.11. The molecule has 1 aromatic rings. The van der Waals surface area contributed by atoms with E-state index in [0.29, 0.717) is 0 Å². The molecule has 0 radical (unpaired) electrons. The summed E-state index contributed by atoms with van der Waals surface area (Å²) in [6.07, 6.45) is 6.74. The van der Waals surface area contributed by atoms with Crippen LogP contribution < -0.4 is 5.32 Å². The van der Waals surface area contributed by atoms with Gasteiger partial charge in [-0.3, -0.25) is 0 Å². The van der Waals surface area contributed by atoms with Crippen molar-refractivity contribution < 1.29 is 4.42 Å². The number of rotatable bonds is 0. The first kappa shape index (κ1) is 9.79. The van der Waals surface area contributed by atoms with Crippen LogP contribution in [-0.4, -0.2) is 18.1 Å².